The number of aryl methyl sites for hydroxylation is 1. The van der Waals surface area contributed by atoms with Crippen LogP contribution in [-0.2, 0) is 11.2 Å². The summed E-state index contributed by atoms with van der Waals surface area (Å²) in [6.07, 6.45) is 2.44. The average molecular weight is 357 g/mol. The van der Waals surface area contributed by atoms with E-state index in [9.17, 15) is 14.9 Å². The molecule has 1 saturated heterocycles. The van der Waals surface area contributed by atoms with Gasteiger partial charge in [0.2, 0.25) is 5.91 Å². The van der Waals surface area contributed by atoms with Gasteiger partial charge in [0.1, 0.15) is 5.60 Å². The van der Waals surface area contributed by atoms with E-state index in [1.807, 2.05) is 32.9 Å². The Kier molecular flexibility index (Phi) is 5.91. The molecule has 6 nitrogen and oxygen atoms in total. The quantitative estimate of drug-likeness (QED) is 0.894. The minimum atomic E-state index is -0.516. The van der Waals surface area contributed by atoms with Crippen molar-refractivity contribution in [3.8, 4) is 6.07 Å². The molecule has 0 saturated carbocycles. The van der Waals surface area contributed by atoms with Gasteiger partial charge in [-0.1, -0.05) is 12.1 Å². The molecule has 1 aliphatic rings. The number of carbonyl (C=O) groups is 2. The SMILES string of the molecule is CC(C)(C)OC(=O)N1CCC(C#N)(CCc2ccc(C(N)=O)cc2)CC1. The minimum absolute atomic E-state index is 0.314. The van der Waals surface area contributed by atoms with Crippen LogP contribution in [0.4, 0.5) is 4.79 Å². The molecular formula is C20H27N3O3. The van der Waals surface area contributed by atoms with Crippen LogP contribution in [0.3, 0.4) is 0 Å². The largest absolute Gasteiger partial charge is 0.444 e. The number of hydrogen-bond acceptors (Lipinski definition) is 4. The maximum Gasteiger partial charge on any atom is 0.410 e. The number of carbonyl (C=O) groups excluding carboxylic acids is 2. The van der Waals surface area contributed by atoms with Gasteiger partial charge in [0.05, 0.1) is 11.5 Å². The highest BCUT2D eigenvalue weighted by Gasteiger charge is 2.37. The lowest BCUT2D eigenvalue weighted by Gasteiger charge is -2.37. The summed E-state index contributed by atoms with van der Waals surface area (Å²) < 4.78 is 5.41. The first kappa shape index (κ1) is 19.8. The summed E-state index contributed by atoms with van der Waals surface area (Å²) in [5.41, 5.74) is 5.85. The number of amides is 2. The maximum atomic E-state index is 12.2. The molecule has 2 rings (SSSR count). The van der Waals surface area contributed by atoms with Crippen LogP contribution in [0.1, 0.15) is 56.0 Å². The molecule has 0 spiro atoms. The van der Waals surface area contributed by atoms with Crippen LogP contribution in [0.2, 0.25) is 0 Å². The molecular weight excluding hydrogens is 330 g/mol. The zero-order valence-electron chi connectivity index (χ0n) is 15.7. The lowest BCUT2D eigenvalue weighted by atomic mass is 9.75. The van der Waals surface area contributed by atoms with Gasteiger partial charge in [-0.25, -0.2) is 4.79 Å². The first-order valence-electron chi connectivity index (χ1n) is 8.92. The third-order valence-electron chi connectivity index (χ3n) is 4.74. The summed E-state index contributed by atoms with van der Waals surface area (Å²) in [7, 11) is 0. The Labute approximate surface area is 154 Å². The van der Waals surface area contributed by atoms with E-state index in [0.717, 1.165) is 18.4 Å². The number of hydrogen-bond donors (Lipinski definition) is 1. The first-order chi connectivity index (χ1) is 12.1. The molecule has 0 aromatic heterocycles. The Bertz CT molecular complexity index is 690. The van der Waals surface area contributed by atoms with E-state index >= 15 is 0 Å². The van der Waals surface area contributed by atoms with Crippen molar-refractivity contribution in [2.75, 3.05) is 13.1 Å². The third kappa shape index (κ3) is 5.22. The predicted octanol–water partition coefficient (Wildman–Crippen LogP) is 3.26. The van der Waals surface area contributed by atoms with Crippen molar-refractivity contribution in [3.63, 3.8) is 0 Å². The summed E-state index contributed by atoms with van der Waals surface area (Å²) >= 11 is 0. The number of ether oxygens (including phenoxy) is 1. The average Bonchev–Trinajstić information content (AvgIpc) is 2.59. The maximum absolute atomic E-state index is 12.2. The number of nitriles is 1. The summed E-state index contributed by atoms with van der Waals surface area (Å²) in [5, 5.41) is 9.70. The van der Waals surface area contributed by atoms with Gasteiger partial charge in [0.15, 0.2) is 0 Å². The van der Waals surface area contributed by atoms with Crippen molar-refractivity contribution >= 4 is 12.0 Å². The zero-order chi connectivity index (χ0) is 19.4. The van der Waals surface area contributed by atoms with Crippen molar-refractivity contribution in [3.05, 3.63) is 35.4 Å². The summed E-state index contributed by atoms with van der Waals surface area (Å²) in [6, 6.07) is 9.64. The molecule has 0 atom stereocenters. The molecule has 0 aliphatic carbocycles. The van der Waals surface area contributed by atoms with E-state index < -0.39 is 16.9 Å². The Balaban J connectivity index is 1.91. The van der Waals surface area contributed by atoms with Crippen molar-refractivity contribution in [1.82, 2.24) is 4.90 Å². The van der Waals surface area contributed by atoms with Crippen molar-refractivity contribution < 1.29 is 14.3 Å². The fourth-order valence-corrected chi connectivity index (χ4v) is 3.08. The van der Waals surface area contributed by atoms with Crippen LogP contribution >= 0.6 is 0 Å². The van der Waals surface area contributed by atoms with Crippen LogP contribution in [0.5, 0.6) is 0 Å². The highest BCUT2D eigenvalue weighted by Crippen LogP contribution is 2.36. The molecule has 2 N–H and O–H groups in total. The Morgan fingerprint density at radius 2 is 1.81 bits per heavy atom. The molecule has 26 heavy (non-hydrogen) atoms. The molecule has 0 unspecified atom stereocenters. The monoisotopic (exact) mass is 357 g/mol. The number of piperidine rings is 1. The Hall–Kier alpha value is -2.55. The molecule has 1 aliphatic heterocycles. The number of likely N-dealkylation sites (tertiary alicyclic amines) is 1. The summed E-state index contributed by atoms with van der Waals surface area (Å²) in [6.45, 7) is 6.60. The molecule has 1 heterocycles. The van der Waals surface area contributed by atoms with Gasteiger partial charge in [-0.05, 0) is 64.2 Å². The zero-order valence-corrected chi connectivity index (χ0v) is 15.7. The van der Waals surface area contributed by atoms with Crippen molar-refractivity contribution in [2.24, 2.45) is 11.1 Å². The van der Waals surface area contributed by atoms with Crippen LogP contribution in [-0.4, -0.2) is 35.6 Å². The smallest absolute Gasteiger partial charge is 0.410 e. The Morgan fingerprint density at radius 3 is 2.27 bits per heavy atom. The van der Waals surface area contributed by atoms with Gasteiger partial charge >= 0.3 is 6.09 Å². The van der Waals surface area contributed by atoms with Gasteiger partial charge in [-0.2, -0.15) is 5.26 Å². The van der Waals surface area contributed by atoms with Crippen LogP contribution < -0.4 is 5.73 Å². The number of rotatable bonds is 4. The molecule has 140 valence electrons. The van der Waals surface area contributed by atoms with E-state index in [4.69, 9.17) is 10.5 Å². The number of nitrogens with zero attached hydrogens (tertiary/aromatic N) is 2. The summed E-state index contributed by atoms with van der Waals surface area (Å²) in [5.74, 6) is -0.445. The van der Waals surface area contributed by atoms with Crippen LogP contribution in [0.25, 0.3) is 0 Å². The van der Waals surface area contributed by atoms with E-state index in [0.29, 0.717) is 31.5 Å². The lowest BCUT2D eigenvalue weighted by Crippen LogP contribution is -2.45. The van der Waals surface area contributed by atoms with Crippen molar-refractivity contribution in [1.29, 1.82) is 5.26 Å². The van der Waals surface area contributed by atoms with E-state index in [2.05, 4.69) is 6.07 Å². The molecule has 2 amide bonds. The van der Waals surface area contributed by atoms with Crippen LogP contribution in [0, 0.1) is 16.7 Å². The first-order valence-corrected chi connectivity index (χ1v) is 8.92. The molecule has 1 fully saturated rings. The molecule has 1 aromatic carbocycles. The van der Waals surface area contributed by atoms with Gasteiger partial charge in [-0.3, -0.25) is 4.79 Å². The number of primary amides is 1. The molecule has 1 aromatic rings. The minimum Gasteiger partial charge on any atom is -0.444 e. The van der Waals surface area contributed by atoms with Gasteiger partial charge in [-0.15, -0.1) is 0 Å². The predicted molar refractivity (Wildman–Crippen MR) is 98.4 cm³/mol. The normalized spacial score (nSPS) is 16.6. The third-order valence-corrected chi connectivity index (χ3v) is 4.74. The fourth-order valence-electron chi connectivity index (χ4n) is 3.08. The second kappa shape index (κ2) is 7.77. The summed E-state index contributed by atoms with van der Waals surface area (Å²) in [4.78, 5) is 25.0. The van der Waals surface area contributed by atoms with Crippen molar-refractivity contribution in [2.45, 2.75) is 52.1 Å². The van der Waals surface area contributed by atoms with E-state index in [-0.39, 0.29) is 6.09 Å². The molecule has 0 bridgehead atoms. The van der Waals surface area contributed by atoms with Gasteiger partial charge in [0.25, 0.3) is 0 Å². The lowest BCUT2D eigenvalue weighted by molar-refractivity contribution is 0.0143. The second-order valence-corrected chi connectivity index (χ2v) is 7.92. The highest BCUT2D eigenvalue weighted by atomic mass is 16.6. The fraction of sp³-hybridized carbons (Fsp3) is 0.550. The second-order valence-electron chi connectivity index (χ2n) is 7.92. The molecule has 6 heteroatoms. The standard InChI is InChI=1S/C20H27N3O3/c1-19(2,3)26-18(25)23-12-10-20(14-21,11-13-23)9-8-15-4-6-16(7-5-15)17(22)24/h4-7H,8-13H2,1-3H3,(H2,22,24). The Morgan fingerprint density at radius 1 is 1.23 bits per heavy atom. The highest BCUT2D eigenvalue weighted by molar-refractivity contribution is 5.92. The van der Waals surface area contributed by atoms with Crippen LogP contribution in [0.15, 0.2) is 24.3 Å². The topological polar surface area (TPSA) is 96.4 Å². The van der Waals surface area contributed by atoms with E-state index in [1.165, 1.54) is 0 Å². The van der Waals surface area contributed by atoms with E-state index in [1.54, 1.807) is 17.0 Å². The molecule has 0 radical (unpaired) electrons. The van der Waals surface area contributed by atoms with Gasteiger partial charge < -0.3 is 15.4 Å². The number of benzene rings is 1. The van der Waals surface area contributed by atoms with Gasteiger partial charge in [0, 0.05) is 18.7 Å². The number of nitrogens with two attached hydrogens (primary N) is 1.